The molecule has 0 aliphatic heterocycles. The van der Waals surface area contributed by atoms with Gasteiger partial charge in [0.2, 0.25) is 0 Å². The van der Waals surface area contributed by atoms with E-state index < -0.39 is 0 Å². The molecular weight excluding hydrogens is 262 g/mol. The molecule has 0 saturated carbocycles. The van der Waals surface area contributed by atoms with E-state index in [4.69, 9.17) is 5.11 Å². The minimum atomic E-state index is 0.240. The fourth-order valence-electron chi connectivity index (χ4n) is 1.02. The first-order valence-electron chi connectivity index (χ1n) is 4.53. The minimum Gasteiger partial charge on any atom is -0.396 e. The van der Waals surface area contributed by atoms with Crippen molar-refractivity contribution in [1.29, 1.82) is 0 Å². The van der Waals surface area contributed by atoms with Crippen LogP contribution in [-0.2, 0) is 0 Å². The normalized spacial score (nSPS) is 12.9. The Bertz CT molecular complexity index is 306. The predicted octanol–water partition coefficient (Wildman–Crippen LogP) is 3.02. The molecule has 4 heteroatoms. The second kappa shape index (κ2) is 5.73. The standard InChI is InChI=1S/C10H14BrNOS/c1-7-5-10(12-6-9(7)11)14-8(2)3-4-13/h5-6,8,13H,3-4H2,1-2H3. The average Bonchev–Trinajstić information content (AvgIpc) is 2.12. The summed E-state index contributed by atoms with van der Waals surface area (Å²) in [5.41, 5.74) is 1.19. The number of hydrogen-bond donors (Lipinski definition) is 1. The molecule has 0 saturated heterocycles. The fourth-order valence-corrected chi connectivity index (χ4v) is 2.24. The lowest BCUT2D eigenvalue weighted by Crippen LogP contribution is -1.99. The summed E-state index contributed by atoms with van der Waals surface area (Å²) in [6.07, 6.45) is 2.63. The van der Waals surface area contributed by atoms with E-state index in [1.807, 2.05) is 13.1 Å². The van der Waals surface area contributed by atoms with Crippen molar-refractivity contribution in [2.45, 2.75) is 30.5 Å². The zero-order valence-corrected chi connectivity index (χ0v) is 10.7. The molecule has 78 valence electrons. The third-order valence-corrected chi connectivity index (χ3v) is 3.81. The van der Waals surface area contributed by atoms with Gasteiger partial charge in [-0.25, -0.2) is 4.98 Å². The van der Waals surface area contributed by atoms with Crippen LogP contribution < -0.4 is 0 Å². The van der Waals surface area contributed by atoms with Gasteiger partial charge in [0.1, 0.15) is 0 Å². The summed E-state index contributed by atoms with van der Waals surface area (Å²) in [6.45, 7) is 4.39. The highest BCUT2D eigenvalue weighted by Crippen LogP contribution is 2.26. The van der Waals surface area contributed by atoms with Crippen molar-refractivity contribution in [3.8, 4) is 0 Å². The van der Waals surface area contributed by atoms with Gasteiger partial charge in [0, 0.05) is 22.5 Å². The molecule has 2 nitrogen and oxygen atoms in total. The number of aromatic nitrogens is 1. The molecule has 0 fully saturated rings. The van der Waals surface area contributed by atoms with E-state index in [0.29, 0.717) is 5.25 Å². The molecule has 0 aromatic carbocycles. The van der Waals surface area contributed by atoms with Crippen LogP contribution >= 0.6 is 27.7 Å². The molecule has 1 aromatic heterocycles. The third kappa shape index (κ3) is 3.59. The van der Waals surface area contributed by atoms with Crippen LogP contribution in [0.25, 0.3) is 0 Å². The molecule has 0 aliphatic rings. The minimum absolute atomic E-state index is 0.240. The quantitative estimate of drug-likeness (QED) is 0.858. The van der Waals surface area contributed by atoms with Gasteiger partial charge in [0.05, 0.1) is 5.03 Å². The lowest BCUT2D eigenvalue weighted by Gasteiger charge is -2.09. The van der Waals surface area contributed by atoms with Gasteiger partial charge >= 0.3 is 0 Å². The van der Waals surface area contributed by atoms with Crippen molar-refractivity contribution in [3.63, 3.8) is 0 Å². The highest BCUT2D eigenvalue weighted by molar-refractivity contribution is 9.10. The highest BCUT2D eigenvalue weighted by Gasteiger charge is 2.05. The van der Waals surface area contributed by atoms with Crippen LogP contribution in [0.1, 0.15) is 18.9 Å². The Hall–Kier alpha value is -0.0600. The second-order valence-electron chi connectivity index (χ2n) is 3.21. The molecular formula is C10H14BrNOS. The highest BCUT2D eigenvalue weighted by atomic mass is 79.9. The molecule has 0 spiro atoms. The van der Waals surface area contributed by atoms with Crippen molar-refractivity contribution < 1.29 is 5.11 Å². The SMILES string of the molecule is Cc1cc(SC(C)CCO)ncc1Br. The van der Waals surface area contributed by atoms with Crippen molar-refractivity contribution in [1.82, 2.24) is 4.98 Å². The van der Waals surface area contributed by atoms with Crippen molar-refractivity contribution in [2.24, 2.45) is 0 Å². The average molecular weight is 276 g/mol. The number of rotatable bonds is 4. The third-order valence-electron chi connectivity index (χ3n) is 1.88. The summed E-state index contributed by atoms with van der Waals surface area (Å²) >= 11 is 5.11. The van der Waals surface area contributed by atoms with Gasteiger partial charge in [-0.3, -0.25) is 0 Å². The fraction of sp³-hybridized carbons (Fsp3) is 0.500. The van der Waals surface area contributed by atoms with Crippen molar-refractivity contribution in [3.05, 3.63) is 22.3 Å². The summed E-state index contributed by atoms with van der Waals surface area (Å²) in [5, 5.41) is 10.2. The maximum Gasteiger partial charge on any atom is 0.0965 e. The first-order valence-corrected chi connectivity index (χ1v) is 6.20. The summed E-state index contributed by atoms with van der Waals surface area (Å²) in [7, 11) is 0. The Morgan fingerprint density at radius 2 is 2.36 bits per heavy atom. The number of aliphatic hydroxyl groups is 1. The zero-order valence-electron chi connectivity index (χ0n) is 8.33. The van der Waals surface area contributed by atoms with Crippen LogP contribution in [0.5, 0.6) is 0 Å². The Kier molecular flexibility index (Phi) is 4.92. The zero-order chi connectivity index (χ0) is 10.6. The molecule has 1 heterocycles. The van der Waals surface area contributed by atoms with Gasteiger partial charge in [-0.05, 0) is 40.9 Å². The van der Waals surface area contributed by atoms with Gasteiger partial charge in [-0.2, -0.15) is 0 Å². The second-order valence-corrected chi connectivity index (χ2v) is 5.53. The molecule has 1 N–H and O–H groups in total. The molecule has 1 unspecified atom stereocenters. The van der Waals surface area contributed by atoms with E-state index in [0.717, 1.165) is 15.9 Å². The number of thioether (sulfide) groups is 1. The molecule has 0 bridgehead atoms. The van der Waals surface area contributed by atoms with Crippen LogP contribution in [0, 0.1) is 6.92 Å². The lowest BCUT2D eigenvalue weighted by atomic mass is 10.3. The number of nitrogens with zero attached hydrogens (tertiary/aromatic N) is 1. The van der Waals surface area contributed by atoms with Crippen molar-refractivity contribution >= 4 is 27.7 Å². The summed E-state index contributed by atoms with van der Waals surface area (Å²) in [6, 6.07) is 2.06. The number of hydrogen-bond acceptors (Lipinski definition) is 3. The number of aliphatic hydroxyl groups excluding tert-OH is 1. The van der Waals surface area contributed by atoms with E-state index in [1.165, 1.54) is 5.56 Å². The summed E-state index contributed by atoms with van der Waals surface area (Å²) in [5.74, 6) is 0. The lowest BCUT2D eigenvalue weighted by molar-refractivity contribution is 0.289. The number of halogens is 1. The first kappa shape index (κ1) is 12.0. The number of aryl methyl sites for hydroxylation is 1. The smallest absolute Gasteiger partial charge is 0.0965 e. The number of pyridine rings is 1. The molecule has 0 aliphatic carbocycles. The summed E-state index contributed by atoms with van der Waals surface area (Å²) < 4.78 is 1.04. The Balaban J connectivity index is 2.63. The molecule has 0 amide bonds. The Morgan fingerprint density at radius 1 is 1.64 bits per heavy atom. The van der Waals surface area contributed by atoms with Gasteiger partial charge in [-0.1, -0.05) is 6.92 Å². The Labute approximate surface area is 97.3 Å². The molecule has 1 aromatic rings. The van der Waals surface area contributed by atoms with Gasteiger partial charge in [-0.15, -0.1) is 11.8 Å². The topological polar surface area (TPSA) is 33.1 Å². The summed E-state index contributed by atoms with van der Waals surface area (Å²) in [4.78, 5) is 4.30. The molecule has 0 radical (unpaired) electrons. The van der Waals surface area contributed by atoms with Gasteiger partial charge in [0.25, 0.3) is 0 Å². The first-order chi connectivity index (χ1) is 6.63. The molecule has 14 heavy (non-hydrogen) atoms. The molecule has 1 atom stereocenters. The van der Waals surface area contributed by atoms with Crippen molar-refractivity contribution in [2.75, 3.05) is 6.61 Å². The van der Waals surface area contributed by atoms with E-state index in [1.54, 1.807) is 11.8 Å². The van der Waals surface area contributed by atoms with E-state index in [2.05, 4.69) is 33.9 Å². The van der Waals surface area contributed by atoms with Crippen LogP contribution in [0.2, 0.25) is 0 Å². The van der Waals surface area contributed by atoms with E-state index in [9.17, 15) is 0 Å². The van der Waals surface area contributed by atoms with Crippen LogP contribution in [0.4, 0.5) is 0 Å². The predicted molar refractivity (Wildman–Crippen MR) is 63.7 cm³/mol. The molecule has 1 rings (SSSR count). The van der Waals surface area contributed by atoms with Gasteiger partial charge in [0.15, 0.2) is 0 Å². The Morgan fingerprint density at radius 3 is 2.93 bits per heavy atom. The van der Waals surface area contributed by atoms with E-state index >= 15 is 0 Å². The van der Waals surface area contributed by atoms with Crippen LogP contribution in [-0.4, -0.2) is 21.9 Å². The van der Waals surface area contributed by atoms with Crippen LogP contribution in [0.3, 0.4) is 0 Å². The maximum atomic E-state index is 8.77. The largest absolute Gasteiger partial charge is 0.396 e. The maximum absolute atomic E-state index is 8.77. The monoisotopic (exact) mass is 275 g/mol. The van der Waals surface area contributed by atoms with Crippen LogP contribution in [0.15, 0.2) is 21.8 Å². The van der Waals surface area contributed by atoms with E-state index in [-0.39, 0.29) is 6.61 Å². The van der Waals surface area contributed by atoms with Gasteiger partial charge < -0.3 is 5.11 Å².